The van der Waals surface area contributed by atoms with Gasteiger partial charge in [0.2, 0.25) is 11.1 Å². The second-order valence-electron chi connectivity index (χ2n) is 7.69. The summed E-state index contributed by atoms with van der Waals surface area (Å²) in [6.45, 7) is 0. The average Bonchev–Trinajstić information content (AvgIpc) is 3.38. The van der Waals surface area contributed by atoms with E-state index in [-0.39, 0.29) is 12.3 Å². The normalized spacial score (nSPS) is 10.8. The van der Waals surface area contributed by atoms with Crippen molar-refractivity contribution in [1.29, 1.82) is 0 Å². The van der Waals surface area contributed by atoms with Gasteiger partial charge in [0.05, 0.1) is 5.69 Å². The van der Waals surface area contributed by atoms with Crippen LogP contribution in [0.15, 0.2) is 95.5 Å². The lowest BCUT2D eigenvalue weighted by Gasteiger charge is -2.09. The van der Waals surface area contributed by atoms with Gasteiger partial charge < -0.3 is 5.32 Å². The number of nitrogens with one attached hydrogen (secondary N) is 1. The zero-order valence-corrected chi connectivity index (χ0v) is 21.4. The lowest BCUT2D eigenvalue weighted by molar-refractivity contribution is -0.115. The maximum atomic E-state index is 12.5. The Hall–Kier alpha value is -3.59. The van der Waals surface area contributed by atoms with Crippen LogP contribution in [0.3, 0.4) is 0 Å². The third kappa shape index (κ3) is 5.79. The molecule has 1 N–H and O–H groups in total. The number of benzene rings is 3. The zero-order valence-electron chi connectivity index (χ0n) is 19.0. The number of rotatable bonds is 8. The van der Waals surface area contributed by atoms with Crippen LogP contribution in [0.4, 0.5) is 5.13 Å². The van der Waals surface area contributed by atoms with Crippen molar-refractivity contribution in [1.82, 2.24) is 20.2 Å². The summed E-state index contributed by atoms with van der Waals surface area (Å²) in [5, 5.41) is 15.2. The largest absolute Gasteiger partial charge is 0.302 e. The maximum Gasteiger partial charge on any atom is 0.226 e. The zero-order chi connectivity index (χ0) is 24.7. The number of nitrogens with zero attached hydrogens (tertiary/aromatic N) is 4. The van der Waals surface area contributed by atoms with Gasteiger partial charge in [-0.05, 0) is 6.07 Å². The Balaban J connectivity index is 1.24. The van der Waals surface area contributed by atoms with E-state index in [9.17, 15) is 4.79 Å². The maximum absolute atomic E-state index is 12.5. The highest BCUT2D eigenvalue weighted by Gasteiger charge is 2.15. The van der Waals surface area contributed by atoms with Gasteiger partial charge in [0.1, 0.15) is 11.4 Å². The summed E-state index contributed by atoms with van der Waals surface area (Å²) in [4.78, 5) is 21.8. The molecule has 0 aliphatic carbocycles. The molecule has 0 saturated heterocycles. The van der Waals surface area contributed by atoms with E-state index in [1.807, 2.05) is 90.3 Å². The first-order valence-corrected chi connectivity index (χ1v) is 13.4. The monoisotopic (exact) mass is 529 g/mol. The fraction of sp³-hybridized carbons (Fsp3) is 0.0741. The molecule has 0 atom stereocenters. The van der Waals surface area contributed by atoms with E-state index in [0.29, 0.717) is 21.1 Å². The summed E-state index contributed by atoms with van der Waals surface area (Å²) in [5.74, 6) is 0.384. The van der Waals surface area contributed by atoms with Crippen molar-refractivity contribution in [2.75, 3.05) is 11.1 Å². The van der Waals surface area contributed by atoms with Gasteiger partial charge in [-0.1, -0.05) is 102 Å². The van der Waals surface area contributed by atoms with Crippen molar-refractivity contribution in [3.8, 4) is 33.8 Å². The van der Waals surface area contributed by atoms with Gasteiger partial charge in [-0.25, -0.2) is 9.97 Å². The molecule has 2 aromatic heterocycles. The van der Waals surface area contributed by atoms with Crippen LogP contribution in [0, 0.1) is 0 Å². The Bertz CT molecular complexity index is 1480. The Morgan fingerprint density at radius 2 is 1.50 bits per heavy atom. The summed E-state index contributed by atoms with van der Waals surface area (Å²) >= 11 is 9.02. The van der Waals surface area contributed by atoms with Gasteiger partial charge in [0, 0.05) is 39.3 Å². The molecule has 0 aliphatic rings. The summed E-state index contributed by atoms with van der Waals surface area (Å²) in [7, 11) is 0. The van der Waals surface area contributed by atoms with E-state index >= 15 is 0 Å². The molecule has 0 saturated carbocycles. The Labute approximate surface area is 221 Å². The molecule has 1 amide bonds. The summed E-state index contributed by atoms with van der Waals surface area (Å²) < 4.78 is 0. The van der Waals surface area contributed by atoms with Crippen LogP contribution < -0.4 is 5.32 Å². The topological polar surface area (TPSA) is 80.7 Å². The van der Waals surface area contributed by atoms with Crippen molar-refractivity contribution >= 4 is 45.7 Å². The van der Waals surface area contributed by atoms with Crippen molar-refractivity contribution in [3.63, 3.8) is 0 Å². The predicted molar refractivity (Wildman–Crippen MR) is 147 cm³/mol. The van der Waals surface area contributed by atoms with Gasteiger partial charge in [0.15, 0.2) is 5.13 Å². The summed E-state index contributed by atoms with van der Waals surface area (Å²) in [6.07, 6.45) is 0.288. The first kappa shape index (κ1) is 24.1. The lowest BCUT2D eigenvalue weighted by Crippen LogP contribution is -2.12. The van der Waals surface area contributed by atoms with Crippen molar-refractivity contribution in [2.24, 2.45) is 0 Å². The number of thiazole rings is 1. The number of carbonyl (C=O) groups excluding carboxylic acids is 1. The highest BCUT2D eigenvalue weighted by molar-refractivity contribution is 7.99. The number of aromatic nitrogens is 4. The molecule has 2 heterocycles. The number of hydrogen-bond donors (Lipinski definition) is 1. The fourth-order valence-corrected chi connectivity index (χ4v) is 5.18. The van der Waals surface area contributed by atoms with Gasteiger partial charge in [-0.3, -0.25) is 4.79 Å². The molecule has 6 nitrogen and oxygen atoms in total. The SMILES string of the molecule is O=C(CCSc1nnc(-c2ccccc2)c(-c2ccccc2)n1)Nc1nc(-c2ccccc2Cl)cs1. The fourth-order valence-electron chi connectivity index (χ4n) is 3.50. The average molecular weight is 530 g/mol. The molecular formula is C27H20ClN5OS2. The minimum Gasteiger partial charge on any atom is -0.302 e. The smallest absolute Gasteiger partial charge is 0.226 e. The highest BCUT2D eigenvalue weighted by Crippen LogP contribution is 2.31. The molecule has 178 valence electrons. The number of halogens is 1. The molecule has 3 aromatic carbocycles. The molecule has 9 heteroatoms. The quantitative estimate of drug-likeness (QED) is 0.216. The molecule has 0 spiro atoms. The first-order valence-electron chi connectivity index (χ1n) is 11.2. The van der Waals surface area contributed by atoms with Crippen LogP contribution in [0.2, 0.25) is 5.02 Å². The summed E-state index contributed by atoms with van der Waals surface area (Å²) in [5.41, 5.74) is 4.97. The van der Waals surface area contributed by atoms with E-state index in [4.69, 9.17) is 16.6 Å². The van der Waals surface area contributed by atoms with E-state index in [0.717, 1.165) is 33.8 Å². The Kier molecular flexibility index (Phi) is 7.66. The van der Waals surface area contributed by atoms with Gasteiger partial charge in [0.25, 0.3) is 0 Å². The molecule has 0 aliphatic heterocycles. The van der Waals surface area contributed by atoms with Crippen LogP contribution in [-0.4, -0.2) is 31.8 Å². The van der Waals surface area contributed by atoms with Crippen molar-refractivity contribution in [2.45, 2.75) is 11.6 Å². The van der Waals surface area contributed by atoms with E-state index in [2.05, 4.69) is 20.5 Å². The van der Waals surface area contributed by atoms with E-state index in [1.165, 1.54) is 23.1 Å². The Morgan fingerprint density at radius 3 is 2.22 bits per heavy atom. The number of anilines is 1. The van der Waals surface area contributed by atoms with Gasteiger partial charge >= 0.3 is 0 Å². The second-order valence-corrected chi connectivity index (χ2v) is 10.0. The van der Waals surface area contributed by atoms with Crippen molar-refractivity contribution in [3.05, 3.63) is 95.3 Å². The standard InChI is InChI=1S/C27H20ClN5OS2/c28-21-14-8-7-13-20(21)22-17-36-26(29-22)30-23(34)15-16-35-27-31-24(18-9-3-1-4-10-18)25(32-33-27)19-11-5-2-6-12-19/h1-14,17H,15-16H2,(H,29,30,34). The van der Waals surface area contributed by atoms with Crippen molar-refractivity contribution < 1.29 is 4.79 Å². The highest BCUT2D eigenvalue weighted by atomic mass is 35.5. The molecule has 0 fully saturated rings. The third-order valence-corrected chi connectivity index (χ3v) is 7.15. The number of amides is 1. The Morgan fingerprint density at radius 1 is 0.833 bits per heavy atom. The van der Waals surface area contributed by atoms with Crippen LogP contribution in [0.5, 0.6) is 0 Å². The molecule has 36 heavy (non-hydrogen) atoms. The molecule has 0 unspecified atom stereocenters. The predicted octanol–water partition coefficient (Wildman–Crippen LogP) is 7.10. The van der Waals surface area contributed by atoms with E-state index in [1.54, 1.807) is 0 Å². The van der Waals surface area contributed by atoms with Gasteiger partial charge in [-0.2, -0.15) is 0 Å². The summed E-state index contributed by atoms with van der Waals surface area (Å²) in [6, 6.07) is 27.3. The number of hydrogen-bond acceptors (Lipinski definition) is 7. The van der Waals surface area contributed by atoms with Gasteiger partial charge in [-0.15, -0.1) is 21.5 Å². The minimum atomic E-state index is -0.125. The molecular weight excluding hydrogens is 510 g/mol. The minimum absolute atomic E-state index is 0.125. The van der Waals surface area contributed by atoms with Crippen LogP contribution in [-0.2, 0) is 4.79 Å². The third-order valence-electron chi connectivity index (χ3n) is 5.22. The van der Waals surface area contributed by atoms with E-state index < -0.39 is 0 Å². The number of thioether (sulfide) groups is 1. The molecule has 0 bridgehead atoms. The van der Waals surface area contributed by atoms with Crippen LogP contribution in [0.25, 0.3) is 33.8 Å². The first-order chi connectivity index (χ1) is 17.7. The molecule has 0 radical (unpaired) electrons. The number of carbonyl (C=O) groups is 1. The molecule has 5 aromatic rings. The molecule has 5 rings (SSSR count). The second kappa shape index (κ2) is 11.4. The lowest BCUT2D eigenvalue weighted by atomic mass is 10.0. The van der Waals surface area contributed by atoms with Crippen LogP contribution in [0.1, 0.15) is 6.42 Å². The van der Waals surface area contributed by atoms with Crippen LogP contribution >= 0.6 is 34.7 Å².